The molecule has 4 aliphatic carbocycles. The van der Waals surface area contributed by atoms with E-state index in [1.165, 1.54) is 43.3 Å². The molecule has 0 spiro atoms. The number of fused-ring (bicyclic) bond motifs is 13. The number of carbonyl (C=O) groups excluding carboxylic acids is 2. The maximum absolute atomic E-state index is 14.6. The minimum atomic E-state index is -0.973. The summed E-state index contributed by atoms with van der Waals surface area (Å²) < 4.78 is 31.8. The van der Waals surface area contributed by atoms with E-state index in [9.17, 15) is 30.6 Å². The number of nitriles is 4. The molecule has 11 aromatic rings. The number of hydrogen-bond donors (Lipinski definition) is 0. The number of hydrogen-bond acceptors (Lipinski definition) is 15. The fraction of sp³-hybridized carbons (Fsp3) is 0.327. The second-order valence-corrected chi connectivity index (χ2v) is 39.3. The lowest BCUT2D eigenvalue weighted by molar-refractivity contribution is 0.103. The molecule has 15 rings (SSSR count). The van der Waals surface area contributed by atoms with Crippen LogP contribution in [0.1, 0.15) is 244 Å². The van der Waals surface area contributed by atoms with Crippen molar-refractivity contribution >= 4 is 157 Å². The molecule has 10 nitrogen and oxygen atoms in total. The van der Waals surface area contributed by atoms with E-state index in [-0.39, 0.29) is 76.2 Å². The molecule has 0 aliphatic heterocycles. The second kappa shape index (κ2) is 38.9. The van der Waals surface area contributed by atoms with Gasteiger partial charge >= 0.3 is 0 Å². The quantitative estimate of drug-likeness (QED) is 0.0272. The molecule has 626 valence electrons. The number of ether oxygens (including phenoxy) is 4. The molecule has 0 amide bonds. The van der Waals surface area contributed by atoms with E-state index >= 15 is 0 Å². The van der Waals surface area contributed by atoms with Gasteiger partial charge in [-0.15, -0.1) is 56.7 Å². The number of nitrogens with zero attached hydrogens (tertiary/aromatic N) is 4. The van der Waals surface area contributed by atoms with Crippen LogP contribution in [0.4, 0.5) is 0 Å². The summed E-state index contributed by atoms with van der Waals surface area (Å²) in [5, 5.41) is 42.2. The van der Waals surface area contributed by atoms with E-state index in [0.717, 1.165) is 187 Å². The van der Waals surface area contributed by atoms with Crippen molar-refractivity contribution in [3.63, 3.8) is 0 Å². The fourth-order valence-corrected chi connectivity index (χ4v) is 25.9. The molecule has 4 unspecified atom stereocenters. The average molecular weight is 1800 g/mol. The Morgan fingerprint density at radius 1 is 0.382 bits per heavy atom. The Labute approximate surface area is 762 Å². The van der Waals surface area contributed by atoms with Gasteiger partial charge in [0.05, 0.1) is 91.0 Å². The Kier molecular flexibility index (Phi) is 27.9. The van der Waals surface area contributed by atoms with Gasteiger partial charge in [-0.3, -0.25) is 9.59 Å². The zero-order valence-corrected chi connectivity index (χ0v) is 77.5. The van der Waals surface area contributed by atoms with Gasteiger partial charge in [-0.2, -0.15) is 21.0 Å². The van der Waals surface area contributed by atoms with Crippen LogP contribution >= 0.6 is 103 Å². The molecule has 0 bridgehead atoms. The molecule has 0 N–H and O–H groups in total. The SMILES string of the molecule is CCCCC(CC)COc1ccc(C2(c3ccc(OCC(CC)CCCC)cc3)c3cc(/C=C/C=C4\C(=O)c5cc(Cl)c(Cl)cc5C4=C(C#N)C#N)sc3-c3sc4c5c(sc4c32)-c2sc3cc(/C=C/C=C4\C(=O)c6cc(Cl)c(Cl)cc6C4=C(C#N)C#N)sc3c2C5(c2ccc(OCC(CC)CCCC)cc2)c2ccc(OCC(CC)CCCC)cc2)cc1. The lowest BCUT2D eigenvalue weighted by Gasteiger charge is -2.34. The highest BCUT2D eigenvalue weighted by Gasteiger charge is 2.56. The van der Waals surface area contributed by atoms with Gasteiger partial charge in [-0.1, -0.05) is 252 Å². The number of halogens is 4. The van der Waals surface area contributed by atoms with Crippen molar-refractivity contribution in [3.8, 4) is 66.8 Å². The molecule has 4 atom stereocenters. The van der Waals surface area contributed by atoms with Crippen molar-refractivity contribution < 1.29 is 28.5 Å². The smallest absolute Gasteiger partial charge is 0.194 e. The highest BCUT2D eigenvalue weighted by molar-refractivity contribution is 7.36. The monoisotopic (exact) mass is 1800 g/mol. The Hall–Kier alpha value is -9.56. The summed E-state index contributed by atoms with van der Waals surface area (Å²) in [6.07, 6.45) is 28.6. The number of benzene rings is 6. The standard InChI is InChI=1S/C104H96Cl4N4O6S5/c1-9-17-23-61(13-5)57-115-71-39-31-67(32-40-71)103(68-33-41-72(42-34-68)116-58-62(14-6)24-18-10-2)83-47-75(27-21-29-77-89(65(53-109)54-110)79-49-84(105)86(107)51-81(79)94(77)113)119-96(83)98-92(103)100-102(122-98)93-101(123-100)99-91(97-88(121-99)48-76(120-97)28-22-30-78-90(66(55-111)56-112)80-50-85(106)87(108)52-82(80)95(78)114)104(93,69-35-43-73(44-36-69)117-59-63(15-7)25-19-11-3)70-37-45-74(46-38-70)118-60-64(16-8)26-20-12-4/h21-22,27-52,61-64H,9-20,23-26,57-60H2,1-8H3/b27-21+,28-22+,77-29-,78-30-. The number of ketones is 2. The van der Waals surface area contributed by atoms with Crippen LogP contribution in [0.3, 0.4) is 0 Å². The molecule has 4 aliphatic rings. The number of Topliss-reactive ketones (excluding diaryl/α,β-unsaturated/α-hetero) is 2. The maximum atomic E-state index is 14.6. The highest BCUT2D eigenvalue weighted by Crippen LogP contribution is 2.71. The fourth-order valence-electron chi connectivity index (χ4n) is 18.1. The number of carbonyl (C=O) groups is 2. The molecule has 5 aromatic heterocycles. The van der Waals surface area contributed by atoms with Gasteiger partial charge in [0, 0.05) is 64.6 Å². The Morgan fingerprint density at radius 2 is 0.699 bits per heavy atom. The average Bonchev–Trinajstić information content (AvgIpc) is 1.48. The van der Waals surface area contributed by atoms with Gasteiger partial charge in [0.15, 0.2) is 11.6 Å². The third-order valence-electron chi connectivity index (χ3n) is 25.0. The lowest BCUT2D eigenvalue weighted by Crippen LogP contribution is -2.29. The summed E-state index contributed by atoms with van der Waals surface area (Å²) in [6, 6.07) is 54.4. The summed E-state index contributed by atoms with van der Waals surface area (Å²) >= 11 is 35.1. The maximum Gasteiger partial charge on any atom is 0.194 e. The highest BCUT2D eigenvalue weighted by atomic mass is 35.5. The van der Waals surface area contributed by atoms with Crippen LogP contribution in [0.25, 0.3) is 61.6 Å². The predicted molar refractivity (Wildman–Crippen MR) is 513 cm³/mol. The van der Waals surface area contributed by atoms with E-state index in [4.69, 9.17) is 65.4 Å². The van der Waals surface area contributed by atoms with Crippen molar-refractivity contribution in [2.45, 2.75) is 169 Å². The molecule has 123 heavy (non-hydrogen) atoms. The van der Waals surface area contributed by atoms with E-state index in [0.29, 0.717) is 61.2 Å². The molecule has 0 radical (unpaired) electrons. The molecular formula is C104H96Cl4N4O6S5. The van der Waals surface area contributed by atoms with Gasteiger partial charge in [0.2, 0.25) is 0 Å². The number of thiophene rings is 5. The van der Waals surface area contributed by atoms with E-state index in [1.54, 1.807) is 58.3 Å². The van der Waals surface area contributed by atoms with Gasteiger partial charge in [-0.25, -0.2) is 0 Å². The third-order valence-corrected chi connectivity index (χ3v) is 32.8. The third kappa shape index (κ3) is 16.7. The van der Waals surface area contributed by atoms with Crippen molar-refractivity contribution in [1.29, 1.82) is 21.0 Å². The van der Waals surface area contributed by atoms with Gasteiger partial charge in [0.25, 0.3) is 0 Å². The molecular weight excluding hydrogens is 1700 g/mol. The predicted octanol–water partition coefficient (Wildman–Crippen LogP) is 31.3. The van der Waals surface area contributed by atoms with E-state index in [1.807, 2.05) is 71.3 Å². The first-order valence-corrected chi connectivity index (χ1v) is 48.7. The summed E-state index contributed by atoms with van der Waals surface area (Å²) in [4.78, 5) is 35.4. The molecule has 5 heterocycles. The number of rotatable bonds is 36. The second-order valence-electron chi connectivity index (χ2n) is 32.4. The molecule has 6 aromatic carbocycles. The van der Waals surface area contributed by atoms with Crippen LogP contribution in [0, 0.1) is 69.0 Å². The minimum absolute atomic E-state index is 0.189. The zero-order valence-electron chi connectivity index (χ0n) is 70.4. The van der Waals surface area contributed by atoms with Crippen molar-refractivity contribution in [2.75, 3.05) is 26.4 Å². The number of allylic oxidation sites excluding steroid dienone is 10. The van der Waals surface area contributed by atoms with Crippen LogP contribution in [0.15, 0.2) is 180 Å². The normalized spacial score (nSPS) is 17.1. The topological polar surface area (TPSA) is 166 Å². The summed E-state index contributed by atoms with van der Waals surface area (Å²) in [5.41, 5.74) is 8.69. The molecule has 0 saturated carbocycles. The van der Waals surface area contributed by atoms with Crippen molar-refractivity contribution in [1.82, 2.24) is 0 Å². The first-order chi connectivity index (χ1) is 59.9. The van der Waals surface area contributed by atoms with Gasteiger partial charge in [-0.05, 0) is 185 Å². The van der Waals surface area contributed by atoms with Crippen LogP contribution in [-0.4, -0.2) is 38.0 Å². The first kappa shape index (κ1) is 88.3. The zero-order chi connectivity index (χ0) is 86.4. The van der Waals surface area contributed by atoms with Crippen LogP contribution < -0.4 is 18.9 Å². The van der Waals surface area contributed by atoms with Gasteiger partial charge < -0.3 is 18.9 Å². The largest absolute Gasteiger partial charge is 0.493 e. The summed E-state index contributed by atoms with van der Waals surface area (Å²) in [7, 11) is 0. The lowest BCUT2D eigenvalue weighted by atomic mass is 9.67. The van der Waals surface area contributed by atoms with E-state index < -0.39 is 10.8 Å². The van der Waals surface area contributed by atoms with Crippen molar-refractivity contribution in [2.24, 2.45) is 23.7 Å². The Morgan fingerprint density at radius 3 is 1.05 bits per heavy atom. The minimum Gasteiger partial charge on any atom is -0.493 e. The van der Waals surface area contributed by atoms with Crippen LogP contribution in [0.2, 0.25) is 20.1 Å². The first-order valence-electron chi connectivity index (χ1n) is 43.1. The molecule has 0 saturated heterocycles. The Bertz CT molecular complexity index is 6100. The Balaban J connectivity index is 0.976. The van der Waals surface area contributed by atoms with Crippen LogP contribution in [0.5, 0.6) is 23.0 Å². The van der Waals surface area contributed by atoms with Crippen LogP contribution in [-0.2, 0) is 10.8 Å². The summed E-state index contributed by atoms with van der Waals surface area (Å²) in [6.45, 7) is 20.4. The number of unbranched alkanes of at least 4 members (excludes halogenated alkanes) is 4. The molecule has 19 heteroatoms. The van der Waals surface area contributed by atoms with Gasteiger partial charge in [0.1, 0.15) is 58.4 Å². The van der Waals surface area contributed by atoms with E-state index in [2.05, 4.69) is 165 Å². The van der Waals surface area contributed by atoms with Crippen molar-refractivity contribution in [3.05, 3.63) is 277 Å². The summed E-state index contributed by atoms with van der Waals surface area (Å²) in [5.74, 6) is 4.13. The molecule has 0 fully saturated rings.